The van der Waals surface area contributed by atoms with Crippen molar-refractivity contribution in [2.75, 3.05) is 19.8 Å². The molecule has 0 saturated heterocycles. The minimum atomic E-state index is 0.759. The van der Waals surface area contributed by atoms with E-state index in [0.717, 1.165) is 34.5 Å². The van der Waals surface area contributed by atoms with Gasteiger partial charge in [0.1, 0.15) is 0 Å². The zero-order valence-electron chi connectivity index (χ0n) is 14.0. The highest BCUT2D eigenvalue weighted by Gasteiger charge is 2.18. The first kappa shape index (κ1) is 15.9. The molecule has 4 nitrogen and oxygen atoms in total. The van der Waals surface area contributed by atoms with Gasteiger partial charge in [-0.25, -0.2) is 0 Å². The Morgan fingerprint density at radius 2 is 2.08 bits per heavy atom. The van der Waals surface area contributed by atoms with Crippen LogP contribution in [0.1, 0.15) is 22.3 Å². The van der Waals surface area contributed by atoms with Crippen molar-refractivity contribution >= 4 is 23.0 Å². The smallest absolute Gasteiger partial charge is 0.0427 e. The van der Waals surface area contributed by atoms with Gasteiger partial charge in [-0.05, 0) is 40.5 Å². The molecule has 0 fully saturated rings. The predicted molar refractivity (Wildman–Crippen MR) is 102 cm³/mol. The van der Waals surface area contributed by atoms with E-state index in [1.165, 1.54) is 17.3 Å². The quantitative estimate of drug-likeness (QED) is 0.598. The van der Waals surface area contributed by atoms with Crippen molar-refractivity contribution in [3.05, 3.63) is 77.1 Å². The first-order valence-electron chi connectivity index (χ1n) is 7.92. The van der Waals surface area contributed by atoms with E-state index in [9.17, 15) is 0 Å². The number of nitrogen functional groups attached to an aromatic ring is 1. The van der Waals surface area contributed by atoms with Crippen LogP contribution in [-0.2, 0) is 6.54 Å². The van der Waals surface area contributed by atoms with Crippen molar-refractivity contribution in [1.29, 1.82) is 5.41 Å². The zero-order valence-corrected chi connectivity index (χ0v) is 14.0. The maximum Gasteiger partial charge on any atom is 0.0427 e. The van der Waals surface area contributed by atoms with Crippen LogP contribution in [0.25, 0.3) is 11.1 Å². The highest BCUT2D eigenvalue weighted by Crippen LogP contribution is 2.33. The van der Waals surface area contributed by atoms with Crippen LogP contribution >= 0.6 is 0 Å². The standard InChI is InChI=1S/C20H22N4/c1-23-11-17(10-21)14-6-7-16-12-24(2)13-20(19(16)9-14)15-4-3-5-18(22)8-15/h3-11,13,21,23H,12,22H2,1-2H3/b17-11+,21-10?. The fourth-order valence-corrected chi connectivity index (χ4v) is 3.05. The largest absolute Gasteiger partial charge is 0.399 e. The van der Waals surface area contributed by atoms with E-state index < -0.39 is 0 Å². The molecular formula is C20H22N4. The Kier molecular flexibility index (Phi) is 4.38. The molecule has 1 aliphatic heterocycles. The number of nitrogens with two attached hydrogens (primary N) is 1. The van der Waals surface area contributed by atoms with Gasteiger partial charge < -0.3 is 21.4 Å². The van der Waals surface area contributed by atoms with E-state index >= 15 is 0 Å². The third-order valence-electron chi connectivity index (χ3n) is 4.16. The number of nitrogens with zero attached hydrogens (tertiary/aromatic N) is 1. The topological polar surface area (TPSA) is 65.1 Å². The van der Waals surface area contributed by atoms with E-state index in [1.54, 1.807) is 0 Å². The van der Waals surface area contributed by atoms with Crippen molar-refractivity contribution in [1.82, 2.24) is 10.2 Å². The molecule has 2 aromatic carbocycles. The van der Waals surface area contributed by atoms with Crippen LogP contribution in [0.15, 0.2) is 54.9 Å². The average Bonchev–Trinajstić information content (AvgIpc) is 2.58. The maximum absolute atomic E-state index is 7.64. The van der Waals surface area contributed by atoms with Crippen LogP contribution in [0, 0.1) is 5.41 Å². The van der Waals surface area contributed by atoms with Crippen LogP contribution < -0.4 is 11.1 Å². The highest BCUT2D eigenvalue weighted by molar-refractivity contribution is 6.08. The number of fused-ring (bicyclic) bond motifs is 1. The molecule has 2 aromatic rings. The van der Waals surface area contributed by atoms with Gasteiger partial charge in [0.15, 0.2) is 0 Å². The number of allylic oxidation sites excluding steroid dienone is 1. The van der Waals surface area contributed by atoms with Crippen LogP contribution in [0.5, 0.6) is 0 Å². The summed E-state index contributed by atoms with van der Waals surface area (Å²) in [5.74, 6) is 0. The van der Waals surface area contributed by atoms with Crippen molar-refractivity contribution in [3.8, 4) is 0 Å². The van der Waals surface area contributed by atoms with E-state index in [-0.39, 0.29) is 0 Å². The number of benzene rings is 2. The Morgan fingerprint density at radius 1 is 1.25 bits per heavy atom. The van der Waals surface area contributed by atoms with E-state index in [2.05, 4.69) is 47.7 Å². The van der Waals surface area contributed by atoms with Crippen molar-refractivity contribution < 1.29 is 0 Å². The van der Waals surface area contributed by atoms with Crippen molar-refractivity contribution in [2.24, 2.45) is 0 Å². The fourth-order valence-electron chi connectivity index (χ4n) is 3.05. The summed E-state index contributed by atoms with van der Waals surface area (Å²) in [7, 11) is 3.92. The van der Waals surface area contributed by atoms with E-state index in [4.69, 9.17) is 11.1 Å². The first-order chi connectivity index (χ1) is 11.6. The van der Waals surface area contributed by atoms with Crippen molar-refractivity contribution in [2.45, 2.75) is 6.54 Å². The molecule has 0 radical (unpaired) electrons. The Labute approximate surface area is 142 Å². The summed E-state index contributed by atoms with van der Waals surface area (Å²) in [6.07, 6.45) is 5.37. The molecule has 0 bridgehead atoms. The molecule has 0 atom stereocenters. The Balaban J connectivity index is 2.14. The average molecular weight is 318 g/mol. The van der Waals surface area contributed by atoms with Crippen LogP contribution in [0.2, 0.25) is 0 Å². The molecule has 3 rings (SSSR count). The fraction of sp³-hybridized carbons (Fsp3) is 0.150. The lowest BCUT2D eigenvalue weighted by atomic mass is 9.89. The summed E-state index contributed by atoms with van der Waals surface area (Å²) in [5, 5.41) is 10.6. The minimum absolute atomic E-state index is 0.759. The van der Waals surface area contributed by atoms with Gasteiger partial charge in [-0.3, -0.25) is 0 Å². The lowest BCUT2D eigenvalue weighted by Crippen LogP contribution is -2.17. The van der Waals surface area contributed by atoms with Gasteiger partial charge in [0.05, 0.1) is 0 Å². The minimum Gasteiger partial charge on any atom is -0.399 e. The number of anilines is 1. The van der Waals surface area contributed by atoms with Gasteiger partial charge in [-0.1, -0.05) is 24.3 Å². The lowest BCUT2D eigenvalue weighted by Gasteiger charge is -2.26. The summed E-state index contributed by atoms with van der Waals surface area (Å²) in [6, 6.07) is 14.3. The van der Waals surface area contributed by atoms with Crippen LogP contribution in [0.3, 0.4) is 0 Å². The van der Waals surface area contributed by atoms with Crippen LogP contribution in [-0.4, -0.2) is 25.2 Å². The summed E-state index contributed by atoms with van der Waals surface area (Å²) in [6.45, 7) is 0.872. The predicted octanol–water partition coefficient (Wildman–Crippen LogP) is 3.31. The van der Waals surface area contributed by atoms with Gasteiger partial charge >= 0.3 is 0 Å². The number of hydrogen-bond acceptors (Lipinski definition) is 4. The monoisotopic (exact) mass is 318 g/mol. The first-order valence-corrected chi connectivity index (χ1v) is 7.92. The molecule has 0 amide bonds. The summed E-state index contributed by atoms with van der Waals surface area (Å²) in [5.41, 5.74) is 13.3. The summed E-state index contributed by atoms with van der Waals surface area (Å²) >= 11 is 0. The second-order valence-corrected chi connectivity index (χ2v) is 5.99. The van der Waals surface area contributed by atoms with E-state index in [1.807, 2.05) is 31.4 Å². The van der Waals surface area contributed by atoms with Gasteiger partial charge in [-0.2, -0.15) is 0 Å². The number of hydrogen-bond donors (Lipinski definition) is 3. The van der Waals surface area contributed by atoms with Gasteiger partial charge in [-0.15, -0.1) is 0 Å². The molecule has 4 heteroatoms. The molecule has 0 aromatic heterocycles. The second kappa shape index (κ2) is 6.62. The Morgan fingerprint density at radius 3 is 2.79 bits per heavy atom. The Bertz CT molecular complexity index is 833. The normalized spacial score (nSPS) is 14.0. The molecule has 1 heterocycles. The summed E-state index contributed by atoms with van der Waals surface area (Å²) in [4.78, 5) is 2.18. The third-order valence-corrected chi connectivity index (χ3v) is 4.16. The van der Waals surface area contributed by atoms with Gasteiger partial charge in [0, 0.05) is 56.1 Å². The molecule has 0 unspecified atom stereocenters. The van der Waals surface area contributed by atoms with Crippen molar-refractivity contribution in [3.63, 3.8) is 0 Å². The Hall–Kier alpha value is -3.01. The molecule has 0 aliphatic carbocycles. The molecule has 4 N–H and O–H groups in total. The third kappa shape index (κ3) is 3.04. The molecule has 122 valence electrons. The zero-order chi connectivity index (χ0) is 17.1. The highest BCUT2D eigenvalue weighted by atomic mass is 15.1. The molecule has 0 saturated carbocycles. The van der Waals surface area contributed by atoms with Gasteiger partial charge in [0.25, 0.3) is 0 Å². The second-order valence-electron chi connectivity index (χ2n) is 5.99. The molecular weight excluding hydrogens is 296 g/mol. The molecule has 24 heavy (non-hydrogen) atoms. The van der Waals surface area contributed by atoms with Crippen LogP contribution in [0.4, 0.5) is 5.69 Å². The number of nitrogens with one attached hydrogen (secondary N) is 2. The molecule has 1 aliphatic rings. The molecule has 0 spiro atoms. The number of rotatable bonds is 4. The van der Waals surface area contributed by atoms with Gasteiger partial charge in [0.2, 0.25) is 0 Å². The SMILES string of the molecule is CN/C=C(\C=N)c1ccc2c(c1)C(c1cccc(N)c1)=CN(C)C2. The van der Waals surface area contributed by atoms with E-state index in [0.29, 0.717) is 0 Å². The lowest BCUT2D eigenvalue weighted by molar-refractivity contribution is 0.446. The maximum atomic E-state index is 7.64. The summed E-state index contributed by atoms with van der Waals surface area (Å²) < 4.78 is 0.